The summed E-state index contributed by atoms with van der Waals surface area (Å²) < 4.78 is 7.54. The number of fused-ring (bicyclic) bond motifs is 1. The highest BCUT2D eigenvalue weighted by Gasteiger charge is 2.44. The molecule has 0 saturated carbocycles. The molecule has 110 valence electrons. The lowest BCUT2D eigenvalue weighted by atomic mass is 9.72. The topological polar surface area (TPSA) is 64.4 Å². The molecule has 1 atom stereocenters. The largest absolute Gasteiger partial charge is 0.493 e. The Hall–Kier alpha value is -2.30. The normalized spacial score (nSPS) is 20.6. The third-order valence-electron chi connectivity index (χ3n) is 4.29. The number of para-hydroxylation sites is 1. The first-order valence-corrected chi connectivity index (χ1v) is 7.05. The Morgan fingerprint density at radius 2 is 2.29 bits per heavy atom. The van der Waals surface area contributed by atoms with Crippen LogP contribution in [0.2, 0.25) is 0 Å². The molecule has 21 heavy (non-hydrogen) atoms. The Bertz CT molecular complexity index is 665. The number of rotatable bonds is 4. The number of hydrogen-bond donors (Lipinski definition) is 1. The van der Waals surface area contributed by atoms with Gasteiger partial charge in [0, 0.05) is 37.8 Å². The molecule has 1 aliphatic heterocycles. The van der Waals surface area contributed by atoms with Crippen molar-refractivity contribution in [2.24, 2.45) is 7.05 Å². The molecular formula is C16H18N2O3. The Balaban J connectivity index is 1.94. The van der Waals surface area contributed by atoms with Crippen LogP contribution in [0.15, 0.2) is 36.7 Å². The van der Waals surface area contributed by atoms with Crippen LogP contribution in [0.25, 0.3) is 0 Å². The number of hydrogen-bond acceptors (Lipinski definition) is 3. The fourth-order valence-corrected chi connectivity index (χ4v) is 3.01. The zero-order valence-corrected chi connectivity index (χ0v) is 12.0. The molecule has 1 unspecified atom stereocenters. The van der Waals surface area contributed by atoms with Crippen molar-refractivity contribution >= 4 is 5.97 Å². The van der Waals surface area contributed by atoms with Gasteiger partial charge in [-0.25, -0.2) is 4.98 Å². The molecule has 5 nitrogen and oxygen atoms in total. The van der Waals surface area contributed by atoms with E-state index in [0.717, 1.165) is 11.4 Å². The Kier molecular flexibility index (Phi) is 3.41. The predicted molar refractivity (Wildman–Crippen MR) is 77.4 cm³/mol. The number of benzene rings is 1. The third-order valence-corrected chi connectivity index (χ3v) is 4.29. The zero-order chi connectivity index (χ0) is 14.9. The molecule has 1 aliphatic rings. The van der Waals surface area contributed by atoms with Crippen molar-refractivity contribution in [2.45, 2.75) is 24.7 Å². The highest BCUT2D eigenvalue weighted by atomic mass is 16.5. The van der Waals surface area contributed by atoms with E-state index in [1.165, 1.54) is 0 Å². The maximum Gasteiger partial charge on any atom is 0.314 e. The van der Waals surface area contributed by atoms with Crippen molar-refractivity contribution in [1.29, 1.82) is 0 Å². The van der Waals surface area contributed by atoms with E-state index in [1.807, 2.05) is 42.1 Å². The second kappa shape index (κ2) is 5.24. The Labute approximate surface area is 123 Å². The van der Waals surface area contributed by atoms with Crippen LogP contribution in [0.3, 0.4) is 0 Å². The molecule has 1 aromatic carbocycles. The monoisotopic (exact) mass is 286 g/mol. The average molecular weight is 286 g/mol. The van der Waals surface area contributed by atoms with Gasteiger partial charge in [0.1, 0.15) is 11.6 Å². The molecule has 1 N–H and O–H groups in total. The van der Waals surface area contributed by atoms with E-state index in [0.29, 0.717) is 31.6 Å². The fraction of sp³-hybridized carbons (Fsp3) is 0.375. The van der Waals surface area contributed by atoms with Crippen molar-refractivity contribution in [3.63, 3.8) is 0 Å². The molecule has 0 saturated heterocycles. The molecule has 3 rings (SSSR count). The molecule has 0 radical (unpaired) electrons. The molecule has 0 bridgehead atoms. The average Bonchev–Trinajstić information content (AvgIpc) is 2.90. The number of aliphatic carboxylic acids is 1. The van der Waals surface area contributed by atoms with Crippen LogP contribution in [-0.2, 0) is 23.7 Å². The van der Waals surface area contributed by atoms with Gasteiger partial charge < -0.3 is 14.4 Å². The molecule has 0 amide bonds. The number of carboxylic acid groups (broad SMARTS) is 1. The summed E-state index contributed by atoms with van der Waals surface area (Å²) in [5.74, 6) is 0.804. The molecule has 0 spiro atoms. The van der Waals surface area contributed by atoms with Crippen molar-refractivity contribution < 1.29 is 14.6 Å². The first-order valence-electron chi connectivity index (χ1n) is 7.05. The van der Waals surface area contributed by atoms with Crippen molar-refractivity contribution in [3.05, 3.63) is 48.0 Å². The molecule has 5 heteroatoms. The third kappa shape index (κ3) is 2.28. The van der Waals surface area contributed by atoms with Crippen LogP contribution < -0.4 is 4.74 Å². The summed E-state index contributed by atoms with van der Waals surface area (Å²) in [6.45, 7) is 0.434. The predicted octanol–water partition coefficient (Wildman–Crippen LogP) is 2.16. The second-order valence-electron chi connectivity index (χ2n) is 5.44. The Morgan fingerprint density at radius 3 is 3.00 bits per heavy atom. The minimum atomic E-state index is -0.888. The smallest absolute Gasteiger partial charge is 0.314 e. The van der Waals surface area contributed by atoms with E-state index < -0.39 is 11.4 Å². The number of nitrogens with zero attached hydrogens (tertiary/aromatic N) is 2. The minimum Gasteiger partial charge on any atom is -0.493 e. The molecule has 1 aromatic heterocycles. The first-order chi connectivity index (χ1) is 10.1. The van der Waals surface area contributed by atoms with Gasteiger partial charge >= 0.3 is 5.97 Å². The van der Waals surface area contributed by atoms with Gasteiger partial charge in [0.05, 0.1) is 12.0 Å². The van der Waals surface area contributed by atoms with Crippen LogP contribution in [0.1, 0.15) is 24.2 Å². The zero-order valence-electron chi connectivity index (χ0n) is 12.0. The van der Waals surface area contributed by atoms with Gasteiger partial charge in [0.25, 0.3) is 0 Å². The van der Waals surface area contributed by atoms with Crippen molar-refractivity contribution in [2.75, 3.05) is 6.61 Å². The summed E-state index contributed by atoms with van der Waals surface area (Å²) in [4.78, 5) is 16.3. The van der Waals surface area contributed by atoms with Crippen LogP contribution in [0.4, 0.5) is 0 Å². The van der Waals surface area contributed by atoms with E-state index in [-0.39, 0.29) is 0 Å². The van der Waals surface area contributed by atoms with Crippen molar-refractivity contribution in [1.82, 2.24) is 9.55 Å². The van der Waals surface area contributed by atoms with Gasteiger partial charge in [0.15, 0.2) is 0 Å². The lowest BCUT2D eigenvalue weighted by molar-refractivity contribution is -0.145. The van der Waals surface area contributed by atoms with E-state index in [2.05, 4.69) is 4.98 Å². The second-order valence-corrected chi connectivity index (χ2v) is 5.44. The number of ether oxygens (including phenoxy) is 1. The van der Waals surface area contributed by atoms with E-state index in [1.54, 1.807) is 6.20 Å². The summed E-state index contributed by atoms with van der Waals surface area (Å²) in [7, 11) is 1.92. The summed E-state index contributed by atoms with van der Waals surface area (Å²) in [6, 6.07) is 7.44. The molecule has 0 aliphatic carbocycles. The maximum atomic E-state index is 12.0. The van der Waals surface area contributed by atoms with E-state index in [4.69, 9.17) is 4.74 Å². The standard InChI is InChI=1S/C16H18N2O3/c1-18-10-9-17-14(18)6-7-16(15(19)20)8-11-21-13-5-3-2-4-12(13)16/h2-5,9-10H,6-8,11H2,1H3,(H,19,20). The van der Waals surface area contributed by atoms with Crippen LogP contribution >= 0.6 is 0 Å². The van der Waals surface area contributed by atoms with Crippen LogP contribution in [0, 0.1) is 0 Å². The van der Waals surface area contributed by atoms with Gasteiger partial charge in [0.2, 0.25) is 0 Å². The van der Waals surface area contributed by atoms with Gasteiger partial charge in [-0.15, -0.1) is 0 Å². The quantitative estimate of drug-likeness (QED) is 0.935. The SMILES string of the molecule is Cn1ccnc1CCC1(C(=O)O)CCOc2ccccc21. The van der Waals surface area contributed by atoms with Gasteiger partial charge in [-0.05, 0) is 12.5 Å². The number of aromatic nitrogens is 2. The maximum absolute atomic E-state index is 12.0. The highest BCUT2D eigenvalue weighted by Crippen LogP contribution is 2.42. The highest BCUT2D eigenvalue weighted by molar-refractivity contribution is 5.83. The van der Waals surface area contributed by atoms with Crippen molar-refractivity contribution in [3.8, 4) is 5.75 Å². The lowest BCUT2D eigenvalue weighted by Crippen LogP contribution is -2.41. The van der Waals surface area contributed by atoms with Crippen LogP contribution in [-0.4, -0.2) is 27.2 Å². The van der Waals surface area contributed by atoms with Gasteiger partial charge in [-0.1, -0.05) is 18.2 Å². The number of carbonyl (C=O) groups is 1. The van der Waals surface area contributed by atoms with E-state index in [9.17, 15) is 9.90 Å². The number of imidazole rings is 1. The summed E-state index contributed by atoms with van der Waals surface area (Å²) in [6.07, 6.45) is 5.25. The number of aryl methyl sites for hydroxylation is 2. The van der Waals surface area contributed by atoms with Gasteiger partial charge in [-0.3, -0.25) is 4.79 Å². The van der Waals surface area contributed by atoms with Crippen LogP contribution in [0.5, 0.6) is 5.75 Å². The molecular weight excluding hydrogens is 268 g/mol. The van der Waals surface area contributed by atoms with E-state index >= 15 is 0 Å². The first kappa shape index (κ1) is 13.7. The summed E-state index contributed by atoms with van der Waals surface area (Å²) >= 11 is 0. The Morgan fingerprint density at radius 1 is 1.48 bits per heavy atom. The lowest BCUT2D eigenvalue weighted by Gasteiger charge is -2.35. The molecule has 0 fully saturated rings. The molecule has 2 heterocycles. The summed E-state index contributed by atoms with van der Waals surface area (Å²) in [5, 5.41) is 9.85. The number of carboxylic acids is 1. The summed E-state index contributed by atoms with van der Waals surface area (Å²) in [5.41, 5.74) is -0.112. The van der Waals surface area contributed by atoms with Gasteiger partial charge in [-0.2, -0.15) is 0 Å². The fourth-order valence-electron chi connectivity index (χ4n) is 3.01. The minimum absolute atomic E-state index is 0.434. The molecule has 2 aromatic rings.